The van der Waals surface area contributed by atoms with Crippen LogP contribution in [0.1, 0.15) is 24.2 Å². The maximum absolute atomic E-state index is 12.6. The molecule has 33 heavy (non-hydrogen) atoms. The first-order chi connectivity index (χ1) is 15.8. The van der Waals surface area contributed by atoms with Crippen molar-refractivity contribution < 1.29 is 27.5 Å². The molecule has 1 heterocycles. The van der Waals surface area contributed by atoms with Crippen molar-refractivity contribution in [2.24, 2.45) is 0 Å². The van der Waals surface area contributed by atoms with E-state index in [0.29, 0.717) is 37.6 Å². The molecule has 2 aromatic rings. The van der Waals surface area contributed by atoms with Gasteiger partial charge < -0.3 is 19.7 Å². The molecule has 0 aromatic heterocycles. The molecular formula is C23H29N3O6S. The Balaban J connectivity index is 1.52. The van der Waals surface area contributed by atoms with E-state index < -0.39 is 28.5 Å². The maximum Gasteiger partial charge on any atom is 0.338 e. The summed E-state index contributed by atoms with van der Waals surface area (Å²) in [5.74, 6) is -1.12. The quantitative estimate of drug-likeness (QED) is 0.555. The third-order valence-electron chi connectivity index (χ3n) is 5.31. The minimum atomic E-state index is -3.60. The van der Waals surface area contributed by atoms with Crippen molar-refractivity contribution >= 4 is 33.3 Å². The van der Waals surface area contributed by atoms with Crippen LogP contribution in [0.25, 0.3) is 0 Å². The Morgan fingerprint density at radius 3 is 2.18 bits per heavy atom. The second kappa shape index (κ2) is 11.3. The Morgan fingerprint density at radius 1 is 1.00 bits per heavy atom. The van der Waals surface area contributed by atoms with Gasteiger partial charge >= 0.3 is 5.97 Å². The molecule has 9 nitrogen and oxygen atoms in total. The number of hydrogen-bond donors (Lipinski definition) is 1. The van der Waals surface area contributed by atoms with E-state index in [1.54, 1.807) is 12.1 Å². The van der Waals surface area contributed by atoms with Crippen LogP contribution < -0.4 is 10.2 Å². The molecule has 10 heteroatoms. The number of ether oxygens (including phenoxy) is 2. The highest BCUT2D eigenvalue weighted by molar-refractivity contribution is 7.89. The number of morpholine rings is 1. The van der Waals surface area contributed by atoms with Crippen molar-refractivity contribution in [1.29, 1.82) is 0 Å². The summed E-state index contributed by atoms with van der Waals surface area (Å²) in [6.45, 7) is 6.74. The predicted molar refractivity (Wildman–Crippen MR) is 125 cm³/mol. The van der Waals surface area contributed by atoms with Crippen molar-refractivity contribution in [2.75, 3.05) is 56.2 Å². The average Bonchev–Trinajstić information content (AvgIpc) is 2.84. The highest BCUT2D eigenvalue weighted by Crippen LogP contribution is 2.20. The van der Waals surface area contributed by atoms with E-state index in [1.165, 1.54) is 28.6 Å². The molecule has 0 unspecified atom stereocenters. The number of benzene rings is 2. The number of rotatable bonds is 9. The fourth-order valence-corrected chi connectivity index (χ4v) is 4.86. The molecular weight excluding hydrogens is 446 g/mol. The van der Waals surface area contributed by atoms with Crippen LogP contribution >= 0.6 is 0 Å². The molecule has 0 atom stereocenters. The first-order valence-corrected chi connectivity index (χ1v) is 12.3. The van der Waals surface area contributed by atoms with E-state index >= 15 is 0 Å². The van der Waals surface area contributed by atoms with E-state index in [2.05, 4.69) is 24.1 Å². The first-order valence-electron chi connectivity index (χ1n) is 10.8. The van der Waals surface area contributed by atoms with Crippen LogP contribution in [0.15, 0.2) is 53.4 Å². The Labute approximate surface area is 194 Å². The zero-order valence-electron chi connectivity index (χ0n) is 18.8. The predicted octanol–water partition coefficient (Wildman–Crippen LogP) is 2.35. The number of hydrogen-bond acceptors (Lipinski definition) is 7. The highest BCUT2D eigenvalue weighted by atomic mass is 32.2. The number of nitrogens with zero attached hydrogens (tertiary/aromatic N) is 2. The minimum absolute atomic E-state index is 0.141. The van der Waals surface area contributed by atoms with Crippen LogP contribution in [-0.2, 0) is 24.3 Å². The van der Waals surface area contributed by atoms with Gasteiger partial charge in [0.1, 0.15) is 0 Å². The van der Waals surface area contributed by atoms with Gasteiger partial charge in [-0.3, -0.25) is 4.79 Å². The van der Waals surface area contributed by atoms with Crippen LogP contribution in [-0.4, -0.2) is 70.6 Å². The number of anilines is 2. The molecule has 3 rings (SSSR count). The summed E-state index contributed by atoms with van der Waals surface area (Å²) in [7, 11) is -3.60. The van der Waals surface area contributed by atoms with Gasteiger partial charge in [0.2, 0.25) is 10.0 Å². The number of sulfonamides is 1. The molecule has 1 aliphatic heterocycles. The van der Waals surface area contributed by atoms with Crippen molar-refractivity contribution in [3.8, 4) is 0 Å². The van der Waals surface area contributed by atoms with Gasteiger partial charge in [0.25, 0.3) is 5.91 Å². The Kier molecular flexibility index (Phi) is 8.43. The monoisotopic (exact) mass is 475 g/mol. The van der Waals surface area contributed by atoms with Crippen LogP contribution in [0, 0.1) is 0 Å². The third-order valence-corrected chi connectivity index (χ3v) is 7.22. The zero-order chi connectivity index (χ0) is 23.8. The van der Waals surface area contributed by atoms with Crippen LogP contribution in [0.3, 0.4) is 0 Å². The highest BCUT2D eigenvalue weighted by Gasteiger charge is 2.26. The minimum Gasteiger partial charge on any atom is -0.452 e. The SMILES string of the molecule is CCN(CC)c1ccc(C(=O)OCC(=O)Nc2ccc(S(=O)(=O)N3CCOCC3)cc2)cc1. The molecule has 1 saturated heterocycles. The van der Waals surface area contributed by atoms with E-state index in [4.69, 9.17) is 9.47 Å². The van der Waals surface area contributed by atoms with Crippen molar-refractivity contribution in [3.05, 3.63) is 54.1 Å². The van der Waals surface area contributed by atoms with E-state index in [9.17, 15) is 18.0 Å². The Hall–Kier alpha value is -2.95. The van der Waals surface area contributed by atoms with Gasteiger partial charge in [-0.1, -0.05) is 0 Å². The normalized spacial score (nSPS) is 14.5. The molecule has 0 saturated carbocycles. The summed E-state index contributed by atoms with van der Waals surface area (Å²) >= 11 is 0. The van der Waals surface area contributed by atoms with Crippen molar-refractivity contribution in [1.82, 2.24) is 4.31 Å². The molecule has 1 fully saturated rings. The van der Waals surface area contributed by atoms with E-state index in [0.717, 1.165) is 18.8 Å². The molecule has 0 aliphatic carbocycles. The lowest BCUT2D eigenvalue weighted by Gasteiger charge is -2.26. The lowest BCUT2D eigenvalue weighted by Crippen LogP contribution is -2.40. The maximum atomic E-state index is 12.6. The van der Waals surface area contributed by atoms with E-state index in [1.807, 2.05) is 12.1 Å². The zero-order valence-corrected chi connectivity index (χ0v) is 19.6. The number of carbonyl (C=O) groups excluding carboxylic acids is 2. The fourth-order valence-electron chi connectivity index (χ4n) is 3.45. The summed E-state index contributed by atoms with van der Waals surface area (Å²) < 4.78 is 37.0. The lowest BCUT2D eigenvalue weighted by atomic mass is 10.2. The summed E-state index contributed by atoms with van der Waals surface area (Å²) in [5.41, 5.74) is 1.77. The molecule has 0 bridgehead atoms. The van der Waals surface area contributed by atoms with Gasteiger partial charge in [0.15, 0.2) is 6.61 Å². The van der Waals surface area contributed by atoms with Crippen LogP contribution in [0.2, 0.25) is 0 Å². The van der Waals surface area contributed by atoms with E-state index in [-0.39, 0.29) is 4.90 Å². The summed E-state index contributed by atoms with van der Waals surface area (Å²) in [6.07, 6.45) is 0. The smallest absolute Gasteiger partial charge is 0.338 e. The van der Waals surface area contributed by atoms with Gasteiger partial charge in [0, 0.05) is 37.6 Å². The lowest BCUT2D eigenvalue weighted by molar-refractivity contribution is -0.119. The molecule has 1 aliphatic rings. The third kappa shape index (κ3) is 6.31. The summed E-state index contributed by atoms with van der Waals surface area (Å²) in [5, 5.41) is 2.59. The summed E-state index contributed by atoms with van der Waals surface area (Å²) in [6, 6.07) is 12.9. The number of amides is 1. The largest absolute Gasteiger partial charge is 0.452 e. The van der Waals surface area contributed by atoms with Gasteiger partial charge in [-0.2, -0.15) is 4.31 Å². The number of carbonyl (C=O) groups is 2. The van der Waals surface area contributed by atoms with Crippen LogP contribution in [0.4, 0.5) is 11.4 Å². The standard InChI is InChI=1S/C23H29N3O6S/c1-3-25(4-2)20-9-5-18(6-10-20)23(28)32-17-22(27)24-19-7-11-21(12-8-19)33(29,30)26-13-15-31-16-14-26/h5-12H,3-4,13-17H2,1-2H3,(H,24,27). The fraction of sp³-hybridized carbons (Fsp3) is 0.391. The van der Waals surface area contributed by atoms with Crippen molar-refractivity contribution in [2.45, 2.75) is 18.7 Å². The first kappa shape index (κ1) is 24.7. The second-order valence-electron chi connectivity index (χ2n) is 7.38. The Morgan fingerprint density at radius 2 is 1.61 bits per heavy atom. The average molecular weight is 476 g/mol. The van der Waals surface area contributed by atoms with Gasteiger partial charge in [0.05, 0.1) is 23.7 Å². The molecule has 2 aromatic carbocycles. The second-order valence-corrected chi connectivity index (χ2v) is 9.32. The van der Waals surface area contributed by atoms with Crippen molar-refractivity contribution in [3.63, 3.8) is 0 Å². The number of nitrogens with one attached hydrogen (secondary N) is 1. The number of esters is 1. The topological polar surface area (TPSA) is 105 Å². The van der Waals surface area contributed by atoms with Gasteiger partial charge in [-0.25, -0.2) is 13.2 Å². The van der Waals surface area contributed by atoms with Crippen LogP contribution in [0.5, 0.6) is 0 Å². The molecule has 0 radical (unpaired) electrons. The Bertz CT molecular complexity index is 1040. The van der Waals surface area contributed by atoms with Gasteiger partial charge in [-0.15, -0.1) is 0 Å². The molecule has 1 N–H and O–H groups in total. The molecule has 1 amide bonds. The molecule has 178 valence electrons. The summed E-state index contributed by atoms with van der Waals surface area (Å²) in [4.78, 5) is 26.7. The molecule has 0 spiro atoms. The van der Waals surface area contributed by atoms with Gasteiger partial charge in [-0.05, 0) is 62.4 Å².